The monoisotopic (exact) mass is 219 g/mol. The van der Waals surface area contributed by atoms with E-state index in [1.165, 1.54) is 18.4 Å². The van der Waals surface area contributed by atoms with Crippen molar-refractivity contribution in [1.29, 1.82) is 0 Å². The van der Waals surface area contributed by atoms with Gasteiger partial charge in [0.25, 0.3) is 0 Å². The van der Waals surface area contributed by atoms with E-state index in [1.54, 1.807) is 0 Å². The number of rotatable bonds is 4. The molecule has 1 aromatic rings. The van der Waals surface area contributed by atoms with Crippen LogP contribution < -0.4 is 10.5 Å². The third-order valence-corrected chi connectivity index (χ3v) is 3.38. The van der Waals surface area contributed by atoms with Crippen molar-refractivity contribution >= 4 is 0 Å². The highest BCUT2D eigenvalue weighted by Crippen LogP contribution is 2.40. The van der Waals surface area contributed by atoms with Crippen molar-refractivity contribution in [3.63, 3.8) is 0 Å². The first-order valence-corrected chi connectivity index (χ1v) is 6.27. The minimum absolute atomic E-state index is 0.148. The molecule has 16 heavy (non-hydrogen) atoms. The van der Waals surface area contributed by atoms with Crippen LogP contribution >= 0.6 is 0 Å². The van der Waals surface area contributed by atoms with E-state index in [1.807, 2.05) is 12.1 Å². The second-order valence-corrected chi connectivity index (χ2v) is 4.71. The molecule has 1 fully saturated rings. The Balaban J connectivity index is 2.24. The molecule has 0 amide bonds. The molecule has 88 valence electrons. The minimum atomic E-state index is -0.148. The molecule has 1 aliphatic carbocycles. The lowest BCUT2D eigenvalue weighted by atomic mass is 9.89. The average Bonchev–Trinajstić information content (AvgIpc) is 2.75. The van der Waals surface area contributed by atoms with Crippen molar-refractivity contribution in [2.45, 2.75) is 44.6 Å². The van der Waals surface area contributed by atoms with Crippen LogP contribution in [0.1, 0.15) is 44.6 Å². The van der Waals surface area contributed by atoms with Gasteiger partial charge in [-0.05, 0) is 25.3 Å². The molecule has 0 aromatic heterocycles. The van der Waals surface area contributed by atoms with Crippen LogP contribution in [0.5, 0.6) is 5.75 Å². The fraction of sp³-hybridized carbons (Fsp3) is 0.571. The lowest BCUT2D eigenvalue weighted by Crippen LogP contribution is -2.33. The van der Waals surface area contributed by atoms with E-state index in [4.69, 9.17) is 10.5 Å². The molecule has 1 saturated carbocycles. The molecule has 0 heterocycles. The Hall–Kier alpha value is -1.02. The van der Waals surface area contributed by atoms with Crippen LogP contribution in [0.15, 0.2) is 24.3 Å². The summed E-state index contributed by atoms with van der Waals surface area (Å²) in [6.45, 7) is 2.89. The fourth-order valence-corrected chi connectivity index (χ4v) is 2.49. The average molecular weight is 219 g/mol. The maximum absolute atomic E-state index is 6.47. The molecule has 0 saturated heterocycles. The zero-order valence-electron chi connectivity index (χ0n) is 10.0. The molecule has 2 nitrogen and oxygen atoms in total. The number of hydrogen-bond acceptors (Lipinski definition) is 2. The zero-order valence-corrected chi connectivity index (χ0v) is 10.0. The third kappa shape index (κ3) is 2.22. The summed E-state index contributed by atoms with van der Waals surface area (Å²) in [4.78, 5) is 0. The van der Waals surface area contributed by atoms with Gasteiger partial charge >= 0.3 is 0 Å². The Bertz CT molecular complexity index is 342. The van der Waals surface area contributed by atoms with Gasteiger partial charge in [0, 0.05) is 11.1 Å². The van der Waals surface area contributed by atoms with Crippen molar-refractivity contribution in [1.82, 2.24) is 0 Å². The Morgan fingerprint density at radius 3 is 2.62 bits per heavy atom. The van der Waals surface area contributed by atoms with Gasteiger partial charge in [0.05, 0.1) is 6.61 Å². The maximum Gasteiger partial charge on any atom is 0.124 e. The molecule has 2 N–H and O–H groups in total. The lowest BCUT2D eigenvalue weighted by molar-refractivity contribution is 0.303. The number of benzene rings is 1. The number of nitrogens with two attached hydrogens (primary N) is 1. The molecule has 1 aliphatic rings. The smallest absolute Gasteiger partial charge is 0.124 e. The van der Waals surface area contributed by atoms with Crippen molar-refractivity contribution in [2.24, 2.45) is 5.73 Å². The summed E-state index contributed by atoms with van der Waals surface area (Å²) < 4.78 is 5.78. The van der Waals surface area contributed by atoms with Crippen LogP contribution in [-0.4, -0.2) is 6.61 Å². The number of hydrogen-bond donors (Lipinski definition) is 1. The van der Waals surface area contributed by atoms with Crippen molar-refractivity contribution in [3.8, 4) is 5.75 Å². The van der Waals surface area contributed by atoms with Crippen LogP contribution in [0, 0.1) is 0 Å². The Labute approximate surface area is 97.8 Å². The molecule has 0 atom stereocenters. The quantitative estimate of drug-likeness (QED) is 0.844. The summed E-state index contributed by atoms with van der Waals surface area (Å²) in [6, 6.07) is 8.24. The molecule has 0 spiro atoms. The Kier molecular flexibility index (Phi) is 3.49. The second kappa shape index (κ2) is 4.88. The largest absolute Gasteiger partial charge is 0.493 e. The summed E-state index contributed by atoms with van der Waals surface area (Å²) in [5.41, 5.74) is 7.52. The van der Waals surface area contributed by atoms with Gasteiger partial charge in [0.15, 0.2) is 0 Å². The predicted molar refractivity (Wildman–Crippen MR) is 66.6 cm³/mol. The Morgan fingerprint density at radius 2 is 1.94 bits per heavy atom. The first-order chi connectivity index (χ1) is 7.76. The molecule has 1 aromatic carbocycles. The highest BCUT2D eigenvalue weighted by Gasteiger charge is 2.33. The normalized spacial score (nSPS) is 18.6. The molecular formula is C14H21NO. The molecule has 2 rings (SSSR count). The van der Waals surface area contributed by atoms with Crippen LogP contribution in [0.25, 0.3) is 0 Å². The van der Waals surface area contributed by atoms with E-state index in [9.17, 15) is 0 Å². The van der Waals surface area contributed by atoms with E-state index in [0.29, 0.717) is 0 Å². The van der Waals surface area contributed by atoms with Gasteiger partial charge in [-0.15, -0.1) is 0 Å². The number of para-hydroxylation sites is 1. The fourth-order valence-electron chi connectivity index (χ4n) is 2.49. The summed E-state index contributed by atoms with van der Waals surface area (Å²) in [7, 11) is 0. The molecular weight excluding hydrogens is 198 g/mol. The molecule has 0 unspecified atom stereocenters. The summed E-state index contributed by atoms with van der Waals surface area (Å²) >= 11 is 0. The number of ether oxygens (including phenoxy) is 1. The maximum atomic E-state index is 6.47. The van der Waals surface area contributed by atoms with E-state index < -0.39 is 0 Å². The van der Waals surface area contributed by atoms with Crippen LogP contribution in [0.2, 0.25) is 0 Å². The second-order valence-electron chi connectivity index (χ2n) is 4.71. The van der Waals surface area contributed by atoms with Gasteiger partial charge in [-0.1, -0.05) is 38.0 Å². The minimum Gasteiger partial charge on any atom is -0.493 e. The molecule has 0 bridgehead atoms. The zero-order chi connectivity index (χ0) is 11.4. The van der Waals surface area contributed by atoms with Crippen LogP contribution in [0.4, 0.5) is 0 Å². The highest BCUT2D eigenvalue weighted by molar-refractivity contribution is 5.39. The highest BCUT2D eigenvalue weighted by atomic mass is 16.5. The first kappa shape index (κ1) is 11.5. The van der Waals surface area contributed by atoms with Gasteiger partial charge in [0.2, 0.25) is 0 Å². The van der Waals surface area contributed by atoms with Gasteiger partial charge < -0.3 is 10.5 Å². The summed E-state index contributed by atoms with van der Waals surface area (Å²) in [5, 5.41) is 0. The third-order valence-electron chi connectivity index (χ3n) is 3.38. The van der Waals surface area contributed by atoms with Gasteiger partial charge in [0.1, 0.15) is 5.75 Å². The summed E-state index contributed by atoms with van der Waals surface area (Å²) in [6.07, 6.45) is 5.67. The molecule has 0 radical (unpaired) electrons. The van der Waals surface area contributed by atoms with E-state index in [2.05, 4.69) is 19.1 Å². The standard InChI is InChI=1S/C14H21NO/c1-2-11-16-13-8-4-3-7-12(13)14(15)9-5-6-10-14/h3-4,7-8H,2,5-6,9-11,15H2,1H3. The molecule has 0 aliphatic heterocycles. The van der Waals surface area contributed by atoms with E-state index in [-0.39, 0.29) is 5.54 Å². The lowest BCUT2D eigenvalue weighted by Gasteiger charge is -2.26. The Morgan fingerprint density at radius 1 is 1.25 bits per heavy atom. The predicted octanol–water partition coefficient (Wildman–Crippen LogP) is 3.20. The van der Waals surface area contributed by atoms with Crippen LogP contribution in [0.3, 0.4) is 0 Å². The topological polar surface area (TPSA) is 35.2 Å². The van der Waals surface area contributed by atoms with Gasteiger partial charge in [-0.2, -0.15) is 0 Å². The van der Waals surface area contributed by atoms with Crippen molar-refractivity contribution < 1.29 is 4.74 Å². The van der Waals surface area contributed by atoms with Crippen molar-refractivity contribution in [3.05, 3.63) is 29.8 Å². The SMILES string of the molecule is CCCOc1ccccc1C1(N)CCCC1. The van der Waals surface area contributed by atoms with Gasteiger partial charge in [-0.3, -0.25) is 0 Å². The van der Waals surface area contributed by atoms with E-state index >= 15 is 0 Å². The first-order valence-electron chi connectivity index (χ1n) is 6.27. The van der Waals surface area contributed by atoms with E-state index in [0.717, 1.165) is 31.6 Å². The van der Waals surface area contributed by atoms with Gasteiger partial charge in [-0.25, -0.2) is 0 Å². The van der Waals surface area contributed by atoms with Crippen LogP contribution in [-0.2, 0) is 5.54 Å². The van der Waals surface area contributed by atoms with Crippen molar-refractivity contribution in [2.75, 3.05) is 6.61 Å². The summed E-state index contributed by atoms with van der Waals surface area (Å²) in [5.74, 6) is 0.980. The molecule has 2 heteroatoms.